The van der Waals surface area contributed by atoms with Gasteiger partial charge in [-0.2, -0.15) is 10.4 Å². The largest absolute Gasteiger partial charge is 0.508 e. The van der Waals surface area contributed by atoms with Crippen molar-refractivity contribution < 1.29 is 23.0 Å². The predicted molar refractivity (Wildman–Crippen MR) is 192 cm³/mol. The lowest BCUT2D eigenvalue weighted by Gasteiger charge is -2.56. The number of fused-ring (bicyclic) bond motifs is 3. The molecule has 3 fully saturated rings. The number of halogens is 1. The molecule has 3 aliphatic rings. The Kier molecular flexibility index (Phi) is 8.29. The highest BCUT2D eigenvalue weighted by Crippen LogP contribution is 2.40. The van der Waals surface area contributed by atoms with Gasteiger partial charge in [0.2, 0.25) is 0 Å². The van der Waals surface area contributed by atoms with E-state index in [1.807, 2.05) is 19.1 Å². The van der Waals surface area contributed by atoms with Crippen LogP contribution in [0.3, 0.4) is 0 Å². The van der Waals surface area contributed by atoms with E-state index in [2.05, 4.69) is 26.0 Å². The molecule has 0 radical (unpaired) electrons. The fraction of sp³-hybridized carbons (Fsp3) is 0.263. The average molecular weight is 719 g/mol. The Labute approximate surface area is 299 Å². The molecular weight excluding hydrogens is 684 g/mol. The van der Waals surface area contributed by atoms with Crippen molar-refractivity contribution in [2.24, 2.45) is 0 Å². The lowest BCUT2D eigenvalue weighted by molar-refractivity contribution is -0.00921. The summed E-state index contributed by atoms with van der Waals surface area (Å²) in [5, 5.41) is 35.2. The van der Waals surface area contributed by atoms with E-state index in [1.54, 1.807) is 60.5 Å². The van der Waals surface area contributed by atoms with Crippen LogP contribution in [0.4, 0.5) is 10.2 Å². The molecule has 264 valence electrons. The summed E-state index contributed by atoms with van der Waals surface area (Å²) in [5.41, 5.74) is 3.83. The van der Waals surface area contributed by atoms with Crippen LogP contribution in [-0.4, -0.2) is 78.5 Å². The van der Waals surface area contributed by atoms with Crippen molar-refractivity contribution in [2.75, 3.05) is 18.0 Å². The first-order chi connectivity index (χ1) is 25.0. The van der Waals surface area contributed by atoms with Crippen LogP contribution in [0.5, 0.6) is 5.75 Å². The molecule has 7 heterocycles. The molecule has 12 nitrogen and oxygen atoms in total. The summed E-state index contributed by atoms with van der Waals surface area (Å²) in [6.45, 7) is 5.64. The number of piperazine rings is 1. The number of pyridine rings is 2. The van der Waals surface area contributed by atoms with Crippen molar-refractivity contribution in [1.82, 2.24) is 28.6 Å². The number of hydrogen-bond donors (Lipinski definition) is 2. The monoisotopic (exact) mass is 718 g/mol. The second-order valence-electron chi connectivity index (χ2n) is 13.6. The predicted octanol–water partition coefficient (Wildman–Crippen LogP) is 5.07. The zero-order valence-corrected chi connectivity index (χ0v) is 29.2. The highest BCUT2D eigenvalue weighted by Gasteiger charge is 2.45. The molecule has 2 unspecified atom stereocenters. The van der Waals surface area contributed by atoms with E-state index >= 15 is 0 Å². The number of benzene rings is 2. The molecule has 52 heavy (non-hydrogen) atoms. The Bertz CT molecular complexity index is 2460. The van der Waals surface area contributed by atoms with Crippen molar-refractivity contribution in [3.63, 3.8) is 0 Å². The minimum absolute atomic E-state index is 0.0813. The lowest BCUT2D eigenvalue weighted by atomic mass is 9.86. The van der Waals surface area contributed by atoms with Gasteiger partial charge in [-0.25, -0.2) is 26.7 Å². The van der Waals surface area contributed by atoms with Gasteiger partial charge in [0, 0.05) is 77.9 Å². The van der Waals surface area contributed by atoms with Gasteiger partial charge in [-0.1, -0.05) is 17.7 Å². The number of aromatic nitrogens is 5. The quantitative estimate of drug-likeness (QED) is 0.207. The fourth-order valence-electron chi connectivity index (χ4n) is 7.38. The SMILES string of the molecule is Cc1ccc(S(=O)(=O)n2c(-c3cnn(C[C@H](C)O)c3)cc3c(-c4ccc(N5CC6CC(C5)N6Cc5cc(F)ccc5O)nc4)c(C#N)cnc32)cc1. The summed E-state index contributed by atoms with van der Waals surface area (Å²) < 4.78 is 45.3. The van der Waals surface area contributed by atoms with Gasteiger partial charge in [0.15, 0.2) is 5.65 Å². The lowest BCUT2D eigenvalue weighted by Crippen LogP contribution is -2.68. The number of rotatable bonds is 9. The van der Waals surface area contributed by atoms with Gasteiger partial charge in [0.05, 0.1) is 35.0 Å². The summed E-state index contributed by atoms with van der Waals surface area (Å²) >= 11 is 0. The molecule has 3 saturated heterocycles. The van der Waals surface area contributed by atoms with Gasteiger partial charge in [-0.3, -0.25) is 9.58 Å². The maximum atomic E-state index is 14.3. The third-order valence-electron chi connectivity index (χ3n) is 9.95. The first kappa shape index (κ1) is 33.5. The molecule has 4 aromatic heterocycles. The zero-order chi connectivity index (χ0) is 36.3. The summed E-state index contributed by atoms with van der Waals surface area (Å²) in [4.78, 5) is 13.9. The third-order valence-corrected chi connectivity index (χ3v) is 11.7. The summed E-state index contributed by atoms with van der Waals surface area (Å²) in [6.07, 6.45) is 6.64. The van der Waals surface area contributed by atoms with Crippen molar-refractivity contribution >= 4 is 26.9 Å². The maximum absolute atomic E-state index is 14.3. The third kappa shape index (κ3) is 5.86. The van der Waals surface area contributed by atoms with Gasteiger partial charge in [0.25, 0.3) is 10.0 Å². The Balaban J connectivity index is 1.15. The first-order valence-corrected chi connectivity index (χ1v) is 18.4. The van der Waals surface area contributed by atoms with Crippen molar-refractivity contribution in [3.8, 4) is 34.2 Å². The normalized spacial score (nSPS) is 17.9. The van der Waals surface area contributed by atoms with Gasteiger partial charge in [-0.15, -0.1) is 0 Å². The Morgan fingerprint density at radius 1 is 1.00 bits per heavy atom. The number of aliphatic hydroxyl groups is 1. The van der Waals surface area contributed by atoms with Gasteiger partial charge in [-0.05, 0) is 68.8 Å². The van der Waals surface area contributed by atoms with E-state index in [1.165, 1.54) is 28.4 Å². The number of aliphatic hydroxyl groups excluding tert-OH is 1. The van der Waals surface area contributed by atoms with Gasteiger partial charge < -0.3 is 15.1 Å². The van der Waals surface area contributed by atoms with Crippen LogP contribution in [0.25, 0.3) is 33.4 Å². The highest BCUT2D eigenvalue weighted by atomic mass is 32.2. The molecular formula is C38H35FN8O4S. The van der Waals surface area contributed by atoms with Crippen LogP contribution in [0.2, 0.25) is 0 Å². The summed E-state index contributed by atoms with van der Waals surface area (Å²) in [7, 11) is -4.18. The number of anilines is 1. The van der Waals surface area contributed by atoms with Crippen LogP contribution in [-0.2, 0) is 23.1 Å². The van der Waals surface area contributed by atoms with Crippen LogP contribution < -0.4 is 4.90 Å². The molecule has 3 aliphatic heterocycles. The molecule has 2 N–H and O–H groups in total. The average Bonchev–Trinajstić information content (AvgIpc) is 3.76. The highest BCUT2D eigenvalue weighted by molar-refractivity contribution is 7.90. The molecule has 0 amide bonds. The molecule has 0 aliphatic carbocycles. The molecule has 6 aromatic rings. The minimum atomic E-state index is -4.18. The topological polar surface area (TPSA) is 153 Å². The number of aromatic hydroxyl groups is 1. The van der Waals surface area contributed by atoms with E-state index in [0.29, 0.717) is 53.0 Å². The van der Waals surface area contributed by atoms with Crippen LogP contribution >= 0.6 is 0 Å². The molecule has 9 rings (SSSR count). The number of nitrogens with zero attached hydrogens (tertiary/aromatic N) is 8. The molecule has 2 bridgehead atoms. The van der Waals surface area contributed by atoms with Crippen LogP contribution in [0, 0.1) is 24.1 Å². The fourth-order valence-corrected chi connectivity index (χ4v) is 8.86. The standard InChI is InChI=1S/C38H35FN8O4S/c1-23-3-7-32(8-4-23)52(50,51)47-34(28-17-43-45(19-28)18-24(2)48)13-33-37(27(14-40)16-42-38(33)47)25-5-10-36(41-15-25)44-21-30-12-31(22-44)46(30)20-26-11-29(39)6-9-35(26)49/h3-11,13,15-17,19,24,30-31,48-49H,12,18,20-22H2,1-2H3/t24-,30?,31?/m0/s1. The Hall–Kier alpha value is -5.62. The van der Waals surface area contributed by atoms with Gasteiger partial charge in [0.1, 0.15) is 23.5 Å². The summed E-state index contributed by atoms with van der Waals surface area (Å²) in [6, 6.07) is 18.8. The number of phenolic OH excluding ortho intramolecular Hbond substituents is 1. The van der Waals surface area contributed by atoms with E-state index in [0.717, 1.165) is 17.8 Å². The summed E-state index contributed by atoms with van der Waals surface area (Å²) in [5.74, 6) is 0.477. The molecule has 2 aromatic carbocycles. The molecule has 3 atom stereocenters. The zero-order valence-electron chi connectivity index (χ0n) is 28.4. The van der Waals surface area contributed by atoms with E-state index in [9.17, 15) is 28.3 Å². The van der Waals surface area contributed by atoms with Crippen molar-refractivity contribution in [1.29, 1.82) is 5.26 Å². The Morgan fingerprint density at radius 3 is 2.46 bits per heavy atom. The molecule has 14 heteroatoms. The smallest absolute Gasteiger partial charge is 0.269 e. The Morgan fingerprint density at radius 2 is 1.77 bits per heavy atom. The van der Waals surface area contributed by atoms with Crippen LogP contribution in [0.1, 0.15) is 30.0 Å². The molecule has 0 spiro atoms. The van der Waals surface area contributed by atoms with Crippen LogP contribution in [0.15, 0.2) is 90.3 Å². The van der Waals surface area contributed by atoms with Crippen molar-refractivity contribution in [3.05, 3.63) is 108 Å². The number of phenols is 1. The minimum Gasteiger partial charge on any atom is -0.508 e. The second-order valence-corrected chi connectivity index (χ2v) is 15.4. The number of nitriles is 1. The number of hydrogen-bond acceptors (Lipinski definition) is 10. The van der Waals surface area contributed by atoms with Crippen molar-refractivity contribution in [2.45, 2.75) is 56.4 Å². The van der Waals surface area contributed by atoms with E-state index in [4.69, 9.17) is 4.98 Å². The first-order valence-electron chi connectivity index (χ1n) is 16.9. The van der Waals surface area contributed by atoms with E-state index in [-0.39, 0.29) is 46.3 Å². The second kappa shape index (κ2) is 12.9. The number of aryl methyl sites for hydroxylation is 1. The van der Waals surface area contributed by atoms with Gasteiger partial charge >= 0.3 is 0 Å². The van der Waals surface area contributed by atoms with E-state index < -0.39 is 16.1 Å². The maximum Gasteiger partial charge on any atom is 0.269 e. The molecule has 0 saturated carbocycles. The number of piperidine rings is 1.